The molecule has 1 aromatic carbocycles. The first-order valence-electron chi connectivity index (χ1n) is 7.41. The Labute approximate surface area is 123 Å². The fraction of sp³-hybridized carbons (Fsp3) is 0.500. The predicted molar refractivity (Wildman–Crippen MR) is 77.7 cm³/mol. The van der Waals surface area contributed by atoms with Crippen LogP contribution in [0.1, 0.15) is 24.5 Å². The van der Waals surface area contributed by atoms with Crippen molar-refractivity contribution in [1.82, 2.24) is 10.2 Å². The molecule has 5 heteroatoms. The van der Waals surface area contributed by atoms with Gasteiger partial charge in [0.25, 0.3) is 0 Å². The second-order valence-corrected chi connectivity index (χ2v) is 5.91. The SMILES string of the molecule is CC1C(C(=O)O)CCN1C(=O)C1Cc2ccccc2CN1. The largest absolute Gasteiger partial charge is 0.481 e. The van der Waals surface area contributed by atoms with Crippen LogP contribution in [-0.2, 0) is 22.6 Å². The number of nitrogens with one attached hydrogen (secondary N) is 1. The number of rotatable bonds is 2. The Morgan fingerprint density at radius 1 is 1.29 bits per heavy atom. The number of benzene rings is 1. The van der Waals surface area contributed by atoms with Crippen LogP contribution >= 0.6 is 0 Å². The summed E-state index contributed by atoms with van der Waals surface area (Å²) in [6.45, 7) is 3.06. The normalized spacial score (nSPS) is 28.2. The molecule has 2 aliphatic rings. The van der Waals surface area contributed by atoms with E-state index in [0.29, 0.717) is 25.9 Å². The Kier molecular flexibility index (Phi) is 3.68. The lowest BCUT2D eigenvalue weighted by atomic mass is 9.95. The van der Waals surface area contributed by atoms with Gasteiger partial charge < -0.3 is 15.3 Å². The van der Waals surface area contributed by atoms with Gasteiger partial charge in [-0.05, 0) is 30.9 Å². The van der Waals surface area contributed by atoms with Crippen LogP contribution in [0, 0.1) is 5.92 Å². The number of likely N-dealkylation sites (tertiary alicyclic amines) is 1. The van der Waals surface area contributed by atoms with Crippen LogP contribution in [-0.4, -0.2) is 40.5 Å². The minimum atomic E-state index is -0.806. The molecular formula is C16H20N2O3. The number of carbonyl (C=O) groups is 2. The quantitative estimate of drug-likeness (QED) is 0.852. The number of carboxylic acids is 1. The summed E-state index contributed by atoms with van der Waals surface area (Å²) in [5, 5.41) is 12.4. The van der Waals surface area contributed by atoms with Crippen LogP contribution < -0.4 is 5.32 Å². The molecule has 0 saturated carbocycles. The van der Waals surface area contributed by atoms with Crippen LogP contribution in [0.25, 0.3) is 0 Å². The standard InChI is InChI=1S/C16H20N2O3/c1-10-13(16(20)21)6-7-18(10)15(19)14-8-11-4-2-3-5-12(11)9-17-14/h2-5,10,13-14,17H,6-9H2,1H3,(H,20,21). The second kappa shape index (κ2) is 5.48. The molecule has 112 valence electrons. The van der Waals surface area contributed by atoms with E-state index < -0.39 is 11.9 Å². The van der Waals surface area contributed by atoms with E-state index in [9.17, 15) is 14.7 Å². The number of nitrogens with zero attached hydrogens (tertiary/aromatic N) is 1. The van der Waals surface area contributed by atoms with Gasteiger partial charge in [0.15, 0.2) is 0 Å². The van der Waals surface area contributed by atoms with Gasteiger partial charge in [-0.3, -0.25) is 9.59 Å². The van der Waals surface area contributed by atoms with Crippen molar-refractivity contribution in [3.8, 4) is 0 Å². The Bertz CT molecular complexity index is 572. The molecular weight excluding hydrogens is 268 g/mol. The van der Waals surface area contributed by atoms with Crippen molar-refractivity contribution >= 4 is 11.9 Å². The molecule has 3 unspecified atom stereocenters. The fourth-order valence-electron chi connectivity index (χ4n) is 3.41. The van der Waals surface area contributed by atoms with E-state index in [1.807, 2.05) is 19.1 Å². The molecule has 0 spiro atoms. The summed E-state index contributed by atoms with van der Waals surface area (Å²) in [5.74, 6) is -1.22. The van der Waals surface area contributed by atoms with E-state index in [1.165, 1.54) is 11.1 Å². The van der Waals surface area contributed by atoms with E-state index >= 15 is 0 Å². The van der Waals surface area contributed by atoms with E-state index in [2.05, 4.69) is 17.4 Å². The van der Waals surface area contributed by atoms with Crippen LogP contribution in [0.2, 0.25) is 0 Å². The molecule has 5 nitrogen and oxygen atoms in total. The summed E-state index contributed by atoms with van der Waals surface area (Å²) >= 11 is 0. The molecule has 3 rings (SSSR count). The lowest BCUT2D eigenvalue weighted by molar-refractivity contribution is -0.143. The van der Waals surface area contributed by atoms with Gasteiger partial charge in [0, 0.05) is 19.1 Å². The van der Waals surface area contributed by atoms with Gasteiger partial charge in [0.2, 0.25) is 5.91 Å². The van der Waals surface area contributed by atoms with Gasteiger partial charge in [-0.2, -0.15) is 0 Å². The van der Waals surface area contributed by atoms with E-state index in [4.69, 9.17) is 0 Å². The molecule has 0 aliphatic carbocycles. The van der Waals surface area contributed by atoms with Crippen molar-refractivity contribution in [3.63, 3.8) is 0 Å². The van der Waals surface area contributed by atoms with Crippen molar-refractivity contribution < 1.29 is 14.7 Å². The average molecular weight is 288 g/mol. The summed E-state index contributed by atoms with van der Waals surface area (Å²) in [4.78, 5) is 25.6. The van der Waals surface area contributed by atoms with E-state index in [-0.39, 0.29) is 18.0 Å². The smallest absolute Gasteiger partial charge is 0.308 e. The van der Waals surface area contributed by atoms with Gasteiger partial charge >= 0.3 is 5.97 Å². The molecule has 1 amide bonds. The molecule has 0 bridgehead atoms. The molecule has 3 atom stereocenters. The minimum Gasteiger partial charge on any atom is -0.481 e. The molecule has 1 saturated heterocycles. The van der Waals surface area contributed by atoms with Crippen LogP contribution in [0.4, 0.5) is 0 Å². The Balaban J connectivity index is 1.71. The Morgan fingerprint density at radius 3 is 2.67 bits per heavy atom. The third-order valence-corrected chi connectivity index (χ3v) is 4.73. The molecule has 1 fully saturated rings. The highest BCUT2D eigenvalue weighted by molar-refractivity contribution is 5.84. The highest BCUT2D eigenvalue weighted by Crippen LogP contribution is 2.26. The summed E-state index contributed by atoms with van der Waals surface area (Å²) in [5.41, 5.74) is 2.44. The van der Waals surface area contributed by atoms with Gasteiger partial charge in [-0.15, -0.1) is 0 Å². The van der Waals surface area contributed by atoms with Crippen molar-refractivity contribution in [1.29, 1.82) is 0 Å². The van der Waals surface area contributed by atoms with Gasteiger partial charge in [-0.1, -0.05) is 24.3 Å². The van der Waals surface area contributed by atoms with E-state index in [1.54, 1.807) is 4.90 Å². The summed E-state index contributed by atoms with van der Waals surface area (Å²) in [6.07, 6.45) is 1.22. The molecule has 2 aliphatic heterocycles. The van der Waals surface area contributed by atoms with Crippen molar-refractivity contribution in [2.24, 2.45) is 5.92 Å². The Hall–Kier alpha value is -1.88. The van der Waals surface area contributed by atoms with E-state index in [0.717, 1.165) is 0 Å². The highest BCUT2D eigenvalue weighted by atomic mass is 16.4. The van der Waals surface area contributed by atoms with Crippen LogP contribution in [0.15, 0.2) is 24.3 Å². The number of aliphatic carboxylic acids is 1. The summed E-state index contributed by atoms with van der Waals surface area (Å²) < 4.78 is 0. The van der Waals surface area contributed by atoms with Crippen molar-refractivity contribution in [2.75, 3.05) is 6.54 Å². The number of fused-ring (bicyclic) bond motifs is 1. The monoisotopic (exact) mass is 288 g/mol. The predicted octanol–water partition coefficient (Wildman–Crippen LogP) is 1.02. The zero-order chi connectivity index (χ0) is 15.0. The minimum absolute atomic E-state index is 0.0285. The number of carbonyl (C=O) groups excluding carboxylic acids is 1. The topological polar surface area (TPSA) is 69.6 Å². The first-order valence-corrected chi connectivity index (χ1v) is 7.41. The molecule has 21 heavy (non-hydrogen) atoms. The second-order valence-electron chi connectivity index (χ2n) is 5.91. The highest BCUT2D eigenvalue weighted by Gasteiger charge is 2.40. The van der Waals surface area contributed by atoms with Crippen LogP contribution in [0.3, 0.4) is 0 Å². The summed E-state index contributed by atoms with van der Waals surface area (Å²) in [6, 6.07) is 7.66. The fourth-order valence-corrected chi connectivity index (χ4v) is 3.41. The van der Waals surface area contributed by atoms with Gasteiger partial charge in [-0.25, -0.2) is 0 Å². The third kappa shape index (κ3) is 2.53. The van der Waals surface area contributed by atoms with Crippen molar-refractivity contribution in [2.45, 2.75) is 38.4 Å². The first kappa shape index (κ1) is 14.1. The number of amides is 1. The average Bonchev–Trinajstić information content (AvgIpc) is 2.88. The maximum absolute atomic E-state index is 12.7. The molecule has 0 aromatic heterocycles. The lowest BCUT2D eigenvalue weighted by Crippen LogP contribution is -2.51. The molecule has 0 radical (unpaired) electrons. The number of hydrogen-bond acceptors (Lipinski definition) is 3. The molecule has 1 aromatic rings. The molecule has 2 heterocycles. The van der Waals surface area contributed by atoms with Gasteiger partial charge in [0.05, 0.1) is 12.0 Å². The Morgan fingerprint density at radius 2 is 2.00 bits per heavy atom. The zero-order valence-electron chi connectivity index (χ0n) is 12.1. The molecule has 2 N–H and O–H groups in total. The number of hydrogen-bond donors (Lipinski definition) is 2. The zero-order valence-corrected chi connectivity index (χ0v) is 12.1. The summed E-state index contributed by atoms with van der Waals surface area (Å²) in [7, 11) is 0. The maximum Gasteiger partial charge on any atom is 0.308 e. The first-order chi connectivity index (χ1) is 10.1. The van der Waals surface area contributed by atoms with Gasteiger partial charge in [0.1, 0.15) is 0 Å². The maximum atomic E-state index is 12.7. The third-order valence-electron chi connectivity index (χ3n) is 4.73. The van der Waals surface area contributed by atoms with Crippen LogP contribution in [0.5, 0.6) is 0 Å². The number of carboxylic acid groups (broad SMARTS) is 1. The van der Waals surface area contributed by atoms with Crippen molar-refractivity contribution in [3.05, 3.63) is 35.4 Å². The lowest BCUT2D eigenvalue weighted by Gasteiger charge is -2.31.